The monoisotopic (exact) mass is 310 g/mol. The minimum Gasteiger partial charge on any atom is -0.329 e. The van der Waals surface area contributed by atoms with Crippen LogP contribution in [-0.2, 0) is 0 Å². The fraction of sp³-hybridized carbons (Fsp3) is 0.600. The Balaban J connectivity index is 2.21. The van der Waals surface area contributed by atoms with Crippen molar-refractivity contribution < 1.29 is 0 Å². The van der Waals surface area contributed by atoms with Gasteiger partial charge < -0.3 is 5.73 Å². The van der Waals surface area contributed by atoms with Gasteiger partial charge in [0.1, 0.15) is 0 Å². The average Bonchev–Trinajstić information content (AvgIpc) is 2.34. The Kier molecular flexibility index (Phi) is 4.82. The molecule has 100 valence electrons. The predicted octanol–water partition coefficient (Wildman–Crippen LogP) is 3.57. The standard InChI is InChI=1S/C15H23BrN2/c1-11-7-8-18(12(2)9-11)15(10-17)13-5-3-4-6-14(13)16/h3-6,11-12,15H,7-10,17H2,1-2H3. The van der Waals surface area contributed by atoms with Gasteiger partial charge in [0.05, 0.1) is 0 Å². The zero-order chi connectivity index (χ0) is 13.1. The van der Waals surface area contributed by atoms with Crippen LogP contribution in [0.25, 0.3) is 0 Å². The van der Waals surface area contributed by atoms with Crippen LogP contribution in [0.4, 0.5) is 0 Å². The number of hydrogen-bond acceptors (Lipinski definition) is 2. The van der Waals surface area contributed by atoms with Gasteiger partial charge in [-0.1, -0.05) is 41.1 Å². The summed E-state index contributed by atoms with van der Waals surface area (Å²) in [4.78, 5) is 2.57. The van der Waals surface area contributed by atoms with Gasteiger partial charge in [-0.05, 0) is 43.9 Å². The minimum absolute atomic E-state index is 0.336. The molecule has 2 N–H and O–H groups in total. The van der Waals surface area contributed by atoms with Gasteiger partial charge >= 0.3 is 0 Å². The normalized spacial score (nSPS) is 27.1. The Morgan fingerprint density at radius 1 is 1.39 bits per heavy atom. The largest absolute Gasteiger partial charge is 0.329 e. The van der Waals surface area contributed by atoms with Crippen molar-refractivity contribution in [3.63, 3.8) is 0 Å². The third-order valence-electron chi connectivity index (χ3n) is 4.08. The molecule has 0 aromatic heterocycles. The number of nitrogens with two attached hydrogens (primary N) is 1. The Bertz CT molecular complexity index is 394. The van der Waals surface area contributed by atoms with Gasteiger partial charge in [0.2, 0.25) is 0 Å². The predicted molar refractivity (Wildman–Crippen MR) is 80.5 cm³/mol. The third kappa shape index (κ3) is 2.95. The summed E-state index contributed by atoms with van der Waals surface area (Å²) < 4.78 is 1.17. The molecule has 2 rings (SSSR count). The van der Waals surface area contributed by atoms with Gasteiger partial charge in [0.15, 0.2) is 0 Å². The molecule has 0 bridgehead atoms. The summed E-state index contributed by atoms with van der Waals surface area (Å²) in [6, 6.07) is 9.40. The summed E-state index contributed by atoms with van der Waals surface area (Å²) in [5.74, 6) is 0.842. The fourth-order valence-electron chi connectivity index (χ4n) is 3.07. The lowest BCUT2D eigenvalue weighted by Crippen LogP contribution is -2.45. The van der Waals surface area contributed by atoms with E-state index < -0.39 is 0 Å². The molecule has 0 aliphatic carbocycles. The zero-order valence-electron chi connectivity index (χ0n) is 11.3. The molecule has 0 saturated carbocycles. The van der Waals surface area contributed by atoms with E-state index in [-0.39, 0.29) is 0 Å². The molecule has 1 heterocycles. The molecule has 1 aliphatic heterocycles. The molecule has 3 atom stereocenters. The summed E-state index contributed by atoms with van der Waals surface area (Å²) in [7, 11) is 0. The number of piperidine rings is 1. The highest BCUT2D eigenvalue weighted by Gasteiger charge is 2.29. The lowest BCUT2D eigenvalue weighted by atomic mass is 9.90. The van der Waals surface area contributed by atoms with Gasteiger partial charge in [-0.15, -0.1) is 0 Å². The van der Waals surface area contributed by atoms with E-state index >= 15 is 0 Å². The van der Waals surface area contributed by atoms with E-state index in [4.69, 9.17) is 5.73 Å². The molecule has 18 heavy (non-hydrogen) atoms. The fourth-order valence-corrected chi connectivity index (χ4v) is 3.62. The van der Waals surface area contributed by atoms with Crippen molar-refractivity contribution >= 4 is 15.9 Å². The highest BCUT2D eigenvalue weighted by molar-refractivity contribution is 9.10. The average molecular weight is 311 g/mol. The Morgan fingerprint density at radius 2 is 2.11 bits per heavy atom. The molecule has 1 aromatic carbocycles. The van der Waals surface area contributed by atoms with Crippen LogP contribution in [0.5, 0.6) is 0 Å². The third-order valence-corrected chi connectivity index (χ3v) is 4.80. The van der Waals surface area contributed by atoms with Gasteiger partial charge in [-0.3, -0.25) is 4.90 Å². The van der Waals surface area contributed by atoms with Gasteiger partial charge in [-0.25, -0.2) is 0 Å². The maximum Gasteiger partial charge on any atom is 0.0484 e. The van der Waals surface area contributed by atoms with E-state index in [0.29, 0.717) is 18.6 Å². The molecule has 0 amide bonds. The first-order chi connectivity index (χ1) is 8.63. The van der Waals surface area contributed by atoms with Crippen molar-refractivity contribution in [1.29, 1.82) is 0 Å². The molecule has 0 radical (unpaired) electrons. The topological polar surface area (TPSA) is 29.3 Å². The molecule has 1 aromatic rings. The SMILES string of the molecule is CC1CCN(C(CN)c2ccccc2Br)C(C)C1. The van der Waals surface area contributed by atoms with E-state index in [9.17, 15) is 0 Å². The van der Waals surface area contributed by atoms with Crippen molar-refractivity contribution in [2.75, 3.05) is 13.1 Å². The summed E-state index contributed by atoms with van der Waals surface area (Å²) in [6.45, 7) is 6.52. The lowest BCUT2D eigenvalue weighted by molar-refractivity contribution is 0.0844. The van der Waals surface area contributed by atoms with Crippen molar-refractivity contribution in [1.82, 2.24) is 4.90 Å². The summed E-state index contributed by atoms with van der Waals surface area (Å²) in [5.41, 5.74) is 7.36. The highest BCUT2D eigenvalue weighted by Crippen LogP contribution is 2.33. The number of nitrogens with zero attached hydrogens (tertiary/aromatic N) is 1. The first-order valence-corrected chi connectivity index (χ1v) is 7.63. The molecular formula is C15H23BrN2. The van der Waals surface area contributed by atoms with Gasteiger partial charge in [0, 0.05) is 23.1 Å². The van der Waals surface area contributed by atoms with E-state index in [0.717, 1.165) is 12.5 Å². The van der Waals surface area contributed by atoms with Gasteiger partial charge in [0.25, 0.3) is 0 Å². The quantitative estimate of drug-likeness (QED) is 0.924. The Morgan fingerprint density at radius 3 is 2.72 bits per heavy atom. The molecule has 1 saturated heterocycles. The Labute approximate surface area is 119 Å². The second-order valence-corrected chi connectivity index (χ2v) is 6.34. The molecule has 1 aliphatic rings. The van der Waals surface area contributed by atoms with Gasteiger partial charge in [-0.2, -0.15) is 0 Å². The van der Waals surface area contributed by atoms with E-state index in [1.165, 1.54) is 22.9 Å². The first-order valence-electron chi connectivity index (χ1n) is 6.83. The summed E-state index contributed by atoms with van der Waals surface area (Å²) in [5, 5.41) is 0. The van der Waals surface area contributed by atoms with E-state index in [2.05, 4.69) is 58.9 Å². The number of hydrogen-bond donors (Lipinski definition) is 1. The van der Waals surface area contributed by atoms with Crippen LogP contribution in [0, 0.1) is 5.92 Å². The second kappa shape index (κ2) is 6.18. The molecule has 1 fully saturated rings. The first kappa shape index (κ1) is 14.0. The molecule has 2 nitrogen and oxygen atoms in total. The maximum absolute atomic E-state index is 6.04. The van der Waals surface area contributed by atoms with Crippen LogP contribution in [0.2, 0.25) is 0 Å². The van der Waals surface area contributed by atoms with Crippen LogP contribution in [-0.4, -0.2) is 24.0 Å². The highest BCUT2D eigenvalue weighted by atomic mass is 79.9. The smallest absolute Gasteiger partial charge is 0.0484 e. The molecular weight excluding hydrogens is 288 g/mol. The number of rotatable bonds is 3. The minimum atomic E-state index is 0.336. The van der Waals surface area contributed by atoms with Crippen molar-refractivity contribution in [2.24, 2.45) is 11.7 Å². The van der Waals surface area contributed by atoms with E-state index in [1.807, 2.05) is 0 Å². The number of benzene rings is 1. The Hall–Kier alpha value is -0.380. The molecule has 3 heteroatoms. The van der Waals surface area contributed by atoms with E-state index in [1.54, 1.807) is 0 Å². The van der Waals surface area contributed by atoms with Crippen LogP contribution >= 0.6 is 15.9 Å². The molecule has 0 spiro atoms. The summed E-state index contributed by atoms with van der Waals surface area (Å²) in [6.07, 6.45) is 2.56. The van der Waals surface area contributed by atoms with Crippen LogP contribution in [0.3, 0.4) is 0 Å². The van der Waals surface area contributed by atoms with Crippen molar-refractivity contribution in [2.45, 2.75) is 38.8 Å². The lowest BCUT2D eigenvalue weighted by Gasteiger charge is -2.41. The molecule has 3 unspecified atom stereocenters. The maximum atomic E-state index is 6.04. The zero-order valence-corrected chi connectivity index (χ0v) is 12.9. The summed E-state index contributed by atoms with van der Waals surface area (Å²) >= 11 is 3.65. The van der Waals surface area contributed by atoms with Crippen molar-refractivity contribution in [3.05, 3.63) is 34.3 Å². The van der Waals surface area contributed by atoms with Crippen LogP contribution < -0.4 is 5.73 Å². The van der Waals surface area contributed by atoms with Crippen molar-refractivity contribution in [3.8, 4) is 0 Å². The van der Waals surface area contributed by atoms with Crippen LogP contribution in [0.15, 0.2) is 28.7 Å². The second-order valence-electron chi connectivity index (χ2n) is 5.49. The number of halogens is 1. The van der Waals surface area contributed by atoms with Crippen LogP contribution in [0.1, 0.15) is 38.3 Å². The number of likely N-dealkylation sites (tertiary alicyclic amines) is 1.